The van der Waals surface area contributed by atoms with Crippen molar-refractivity contribution in [2.75, 3.05) is 5.32 Å². The van der Waals surface area contributed by atoms with Gasteiger partial charge in [0.25, 0.3) is 0 Å². The predicted octanol–water partition coefficient (Wildman–Crippen LogP) is 3.20. The summed E-state index contributed by atoms with van der Waals surface area (Å²) < 4.78 is 10.4. The maximum atomic E-state index is 11.9. The number of carbonyl (C=O) groups excluding carboxylic acids is 3. The van der Waals surface area contributed by atoms with Gasteiger partial charge in [-0.25, -0.2) is 5.43 Å². The molecule has 11 heteroatoms. The molecule has 0 fully saturated rings. The van der Waals surface area contributed by atoms with Crippen molar-refractivity contribution in [1.29, 1.82) is 0 Å². The Labute approximate surface area is 180 Å². The van der Waals surface area contributed by atoms with Gasteiger partial charge in [0.1, 0.15) is 11.5 Å². The minimum atomic E-state index is -0.873. The molecule has 0 aliphatic rings. The van der Waals surface area contributed by atoms with Gasteiger partial charge in [-0.1, -0.05) is 23.2 Å². The van der Waals surface area contributed by atoms with E-state index < -0.39 is 17.7 Å². The molecular formula is C19H14Cl2N4O5. The number of nitrogens with zero attached hydrogens (tertiary/aromatic N) is 1. The summed E-state index contributed by atoms with van der Waals surface area (Å²) in [5.41, 5.74) is 2.61. The third kappa shape index (κ3) is 5.72. The molecule has 3 N–H and O–H groups in total. The lowest BCUT2D eigenvalue weighted by Crippen LogP contribution is -2.34. The van der Waals surface area contributed by atoms with E-state index >= 15 is 0 Å². The average Bonchev–Trinajstić information content (AvgIpc) is 3.41. The average molecular weight is 449 g/mol. The monoisotopic (exact) mass is 448 g/mol. The fraction of sp³-hybridized carbons (Fsp3) is 0.0526. The van der Waals surface area contributed by atoms with Gasteiger partial charge in [0, 0.05) is 5.69 Å². The highest BCUT2D eigenvalue weighted by molar-refractivity contribution is 6.42. The molecule has 3 amide bonds. The van der Waals surface area contributed by atoms with Crippen molar-refractivity contribution in [1.82, 2.24) is 10.7 Å². The van der Waals surface area contributed by atoms with Crippen LogP contribution in [0, 0.1) is 0 Å². The standard InChI is InChI=1S/C19H14Cl2N4O5/c20-14-6-3-11(8-15(14)21)24-19(28)18(27)22-9-12-4-5-13(30-12)10-23-25-17(26)16-2-1-7-29-16/h1-8,10H,9H2,(H,22,27)(H,24,28)(H,25,26)/b23-10-. The molecule has 3 aromatic rings. The maximum Gasteiger partial charge on any atom is 0.313 e. The second kappa shape index (κ2) is 9.77. The van der Waals surface area contributed by atoms with Crippen LogP contribution in [0.3, 0.4) is 0 Å². The van der Waals surface area contributed by atoms with Gasteiger partial charge in [-0.2, -0.15) is 5.10 Å². The van der Waals surface area contributed by atoms with E-state index in [2.05, 4.69) is 21.2 Å². The summed E-state index contributed by atoms with van der Waals surface area (Å²) in [6.07, 6.45) is 2.65. The molecule has 154 valence electrons. The summed E-state index contributed by atoms with van der Waals surface area (Å²) in [6.45, 7) is -0.0276. The van der Waals surface area contributed by atoms with Crippen LogP contribution in [0.2, 0.25) is 10.0 Å². The fourth-order valence-corrected chi connectivity index (χ4v) is 2.48. The number of hydrogen-bond donors (Lipinski definition) is 3. The van der Waals surface area contributed by atoms with Gasteiger partial charge in [-0.15, -0.1) is 0 Å². The van der Waals surface area contributed by atoms with Crippen LogP contribution in [0.4, 0.5) is 5.69 Å². The number of benzene rings is 1. The fourth-order valence-electron chi connectivity index (χ4n) is 2.19. The van der Waals surface area contributed by atoms with E-state index in [4.69, 9.17) is 32.0 Å². The SMILES string of the molecule is O=C(NCc1ccc(/C=N\NC(=O)c2ccco2)o1)C(=O)Nc1ccc(Cl)c(Cl)c1. The zero-order valence-corrected chi connectivity index (χ0v) is 16.7. The molecule has 0 unspecified atom stereocenters. The number of nitrogens with one attached hydrogen (secondary N) is 3. The number of rotatable bonds is 6. The van der Waals surface area contributed by atoms with E-state index in [9.17, 15) is 14.4 Å². The van der Waals surface area contributed by atoms with E-state index in [1.54, 1.807) is 18.2 Å². The van der Waals surface area contributed by atoms with Crippen molar-refractivity contribution in [2.45, 2.75) is 6.54 Å². The summed E-state index contributed by atoms with van der Waals surface area (Å²) in [5, 5.41) is 9.15. The zero-order valence-electron chi connectivity index (χ0n) is 15.1. The van der Waals surface area contributed by atoms with Gasteiger partial charge < -0.3 is 19.5 Å². The molecule has 0 radical (unpaired) electrons. The van der Waals surface area contributed by atoms with Crippen molar-refractivity contribution < 1.29 is 23.2 Å². The smallest absolute Gasteiger partial charge is 0.313 e. The Kier molecular flexibility index (Phi) is 6.89. The Morgan fingerprint density at radius 2 is 1.87 bits per heavy atom. The lowest BCUT2D eigenvalue weighted by Gasteiger charge is -2.06. The Balaban J connectivity index is 1.46. The van der Waals surface area contributed by atoms with Crippen LogP contribution in [-0.4, -0.2) is 23.9 Å². The molecule has 1 aromatic carbocycles. The molecule has 0 bridgehead atoms. The molecule has 0 saturated heterocycles. The van der Waals surface area contributed by atoms with Crippen molar-refractivity contribution in [3.63, 3.8) is 0 Å². The number of furan rings is 2. The van der Waals surface area contributed by atoms with Gasteiger partial charge in [0.2, 0.25) is 0 Å². The molecular weight excluding hydrogens is 435 g/mol. The Morgan fingerprint density at radius 3 is 2.60 bits per heavy atom. The number of carbonyl (C=O) groups is 3. The van der Waals surface area contributed by atoms with Gasteiger partial charge in [-0.05, 0) is 42.5 Å². The normalized spacial score (nSPS) is 10.7. The first kappa shape index (κ1) is 21.2. The highest BCUT2D eigenvalue weighted by Crippen LogP contribution is 2.24. The van der Waals surface area contributed by atoms with E-state index in [0.717, 1.165) is 0 Å². The maximum absolute atomic E-state index is 11.9. The first-order valence-corrected chi connectivity index (χ1v) is 9.18. The molecule has 9 nitrogen and oxygen atoms in total. The van der Waals surface area contributed by atoms with Crippen LogP contribution in [0.25, 0.3) is 0 Å². The summed E-state index contributed by atoms with van der Waals surface area (Å²) in [6, 6.07) is 10.7. The second-order valence-electron chi connectivity index (χ2n) is 5.75. The van der Waals surface area contributed by atoms with Gasteiger partial charge in [0.15, 0.2) is 5.76 Å². The molecule has 0 aliphatic heterocycles. The second-order valence-corrected chi connectivity index (χ2v) is 6.56. The van der Waals surface area contributed by atoms with E-state index in [0.29, 0.717) is 22.2 Å². The molecule has 0 aliphatic carbocycles. The van der Waals surface area contributed by atoms with Crippen molar-refractivity contribution in [3.8, 4) is 0 Å². The van der Waals surface area contributed by atoms with Crippen LogP contribution in [0.1, 0.15) is 22.1 Å². The van der Waals surface area contributed by atoms with Crippen LogP contribution in [-0.2, 0) is 16.1 Å². The lowest BCUT2D eigenvalue weighted by molar-refractivity contribution is -0.136. The van der Waals surface area contributed by atoms with Gasteiger partial charge >= 0.3 is 17.7 Å². The zero-order chi connectivity index (χ0) is 21.5. The van der Waals surface area contributed by atoms with E-state index in [1.165, 1.54) is 36.7 Å². The number of hydrazone groups is 1. The Morgan fingerprint density at radius 1 is 1.03 bits per heavy atom. The van der Waals surface area contributed by atoms with Crippen LogP contribution in [0.5, 0.6) is 0 Å². The first-order valence-electron chi connectivity index (χ1n) is 8.42. The van der Waals surface area contributed by atoms with Crippen molar-refractivity contribution in [2.24, 2.45) is 5.10 Å². The highest BCUT2D eigenvalue weighted by Gasteiger charge is 2.15. The third-order valence-corrected chi connectivity index (χ3v) is 4.33. The lowest BCUT2D eigenvalue weighted by atomic mass is 10.3. The number of hydrogen-bond acceptors (Lipinski definition) is 6. The Hall–Kier alpha value is -3.56. The summed E-state index contributed by atoms with van der Waals surface area (Å²) in [4.78, 5) is 35.5. The third-order valence-electron chi connectivity index (χ3n) is 3.59. The molecule has 3 rings (SSSR count). The van der Waals surface area contributed by atoms with Gasteiger partial charge in [-0.3, -0.25) is 14.4 Å². The minimum absolute atomic E-state index is 0.0276. The van der Waals surface area contributed by atoms with Gasteiger partial charge in [0.05, 0.1) is 29.1 Å². The van der Waals surface area contributed by atoms with Crippen molar-refractivity contribution >= 4 is 52.8 Å². The number of halogens is 2. The summed E-state index contributed by atoms with van der Waals surface area (Å²) >= 11 is 11.7. The first-order chi connectivity index (χ1) is 14.4. The largest absolute Gasteiger partial charge is 0.459 e. The van der Waals surface area contributed by atoms with E-state index in [-0.39, 0.29) is 17.3 Å². The highest BCUT2D eigenvalue weighted by atomic mass is 35.5. The molecule has 30 heavy (non-hydrogen) atoms. The Bertz CT molecular complexity index is 1090. The molecule has 0 spiro atoms. The quantitative estimate of drug-likeness (QED) is 0.303. The van der Waals surface area contributed by atoms with Crippen molar-refractivity contribution in [3.05, 3.63) is 76.1 Å². The van der Waals surface area contributed by atoms with Crippen LogP contribution >= 0.6 is 23.2 Å². The van der Waals surface area contributed by atoms with Crippen LogP contribution in [0.15, 0.2) is 62.7 Å². The minimum Gasteiger partial charge on any atom is -0.459 e. The molecule has 0 atom stereocenters. The van der Waals surface area contributed by atoms with E-state index in [1.807, 2.05) is 0 Å². The topological polar surface area (TPSA) is 126 Å². The summed E-state index contributed by atoms with van der Waals surface area (Å²) in [7, 11) is 0. The molecule has 2 aromatic heterocycles. The summed E-state index contributed by atoms with van der Waals surface area (Å²) in [5.74, 6) is -1.41. The molecule has 0 saturated carbocycles. The number of anilines is 1. The predicted molar refractivity (Wildman–Crippen MR) is 109 cm³/mol. The molecule has 2 heterocycles. The number of amides is 3. The van der Waals surface area contributed by atoms with Crippen LogP contribution < -0.4 is 16.1 Å².